The van der Waals surface area contributed by atoms with E-state index < -0.39 is 21.7 Å². The SMILES string of the molecule is CN(C)c1ccc(S(=O)(=O)N2CCCCC2)cc1NC(=O)C=Cc1ccccc1F. The molecule has 1 fully saturated rings. The Hall–Kier alpha value is -2.71. The summed E-state index contributed by atoms with van der Waals surface area (Å²) < 4.78 is 41.2. The van der Waals surface area contributed by atoms with Crippen molar-refractivity contribution in [2.24, 2.45) is 0 Å². The Balaban J connectivity index is 1.86. The van der Waals surface area contributed by atoms with E-state index in [2.05, 4.69) is 5.32 Å². The second-order valence-electron chi connectivity index (χ2n) is 7.38. The average molecular weight is 432 g/mol. The predicted octanol–water partition coefficient (Wildman–Crippen LogP) is 3.72. The van der Waals surface area contributed by atoms with Crippen LogP contribution in [0.2, 0.25) is 0 Å². The van der Waals surface area contributed by atoms with E-state index in [9.17, 15) is 17.6 Å². The molecule has 0 spiro atoms. The summed E-state index contributed by atoms with van der Waals surface area (Å²) >= 11 is 0. The first-order chi connectivity index (χ1) is 14.3. The predicted molar refractivity (Wildman–Crippen MR) is 117 cm³/mol. The summed E-state index contributed by atoms with van der Waals surface area (Å²) in [5, 5.41) is 2.72. The lowest BCUT2D eigenvalue weighted by molar-refractivity contribution is -0.111. The molecule has 6 nitrogen and oxygen atoms in total. The summed E-state index contributed by atoms with van der Waals surface area (Å²) in [5.74, 6) is -0.904. The van der Waals surface area contributed by atoms with Gasteiger partial charge in [0.2, 0.25) is 15.9 Å². The third kappa shape index (κ3) is 5.06. The molecule has 0 unspecified atom stereocenters. The number of amides is 1. The Morgan fingerprint density at radius 3 is 2.47 bits per heavy atom. The monoisotopic (exact) mass is 431 g/mol. The zero-order chi connectivity index (χ0) is 21.7. The number of sulfonamides is 1. The van der Waals surface area contributed by atoms with Gasteiger partial charge >= 0.3 is 0 Å². The van der Waals surface area contributed by atoms with Gasteiger partial charge in [-0.05, 0) is 43.2 Å². The zero-order valence-electron chi connectivity index (χ0n) is 17.1. The van der Waals surface area contributed by atoms with Crippen molar-refractivity contribution in [1.82, 2.24) is 4.31 Å². The minimum absolute atomic E-state index is 0.142. The fraction of sp³-hybridized carbons (Fsp3) is 0.318. The Bertz CT molecular complexity index is 1050. The van der Waals surface area contributed by atoms with Gasteiger partial charge in [0.05, 0.1) is 16.3 Å². The fourth-order valence-corrected chi connectivity index (χ4v) is 4.91. The van der Waals surface area contributed by atoms with E-state index in [1.807, 2.05) is 0 Å². The van der Waals surface area contributed by atoms with Gasteiger partial charge in [-0.1, -0.05) is 24.6 Å². The molecular weight excluding hydrogens is 405 g/mol. The number of halogens is 1. The lowest BCUT2D eigenvalue weighted by Gasteiger charge is -2.26. The molecule has 0 bridgehead atoms. The normalized spacial score (nSPS) is 15.3. The number of nitrogens with zero attached hydrogens (tertiary/aromatic N) is 2. The number of carbonyl (C=O) groups is 1. The maximum Gasteiger partial charge on any atom is 0.248 e. The van der Waals surface area contributed by atoms with E-state index in [-0.39, 0.29) is 4.90 Å². The Labute approximate surface area is 177 Å². The molecule has 1 aliphatic rings. The van der Waals surface area contributed by atoms with Crippen LogP contribution in [0.25, 0.3) is 6.08 Å². The lowest BCUT2D eigenvalue weighted by atomic mass is 10.2. The number of nitrogens with one attached hydrogen (secondary N) is 1. The van der Waals surface area contributed by atoms with Gasteiger partial charge in [0.15, 0.2) is 0 Å². The van der Waals surface area contributed by atoms with Crippen molar-refractivity contribution in [3.8, 4) is 0 Å². The number of hydrogen-bond acceptors (Lipinski definition) is 4. The Kier molecular flexibility index (Phi) is 6.89. The Morgan fingerprint density at radius 1 is 1.10 bits per heavy atom. The van der Waals surface area contributed by atoms with E-state index in [1.54, 1.807) is 49.3 Å². The van der Waals surface area contributed by atoms with E-state index in [0.717, 1.165) is 19.3 Å². The number of benzene rings is 2. The van der Waals surface area contributed by atoms with Crippen LogP contribution in [0, 0.1) is 5.82 Å². The highest BCUT2D eigenvalue weighted by Gasteiger charge is 2.26. The summed E-state index contributed by atoms with van der Waals surface area (Å²) in [5.41, 5.74) is 1.34. The number of carbonyl (C=O) groups excluding carboxylic acids is 1. The van der Waals surface area contributed by atoms with Gasteiger partial charge in [0, 0.05) is 38.8 Å². The van der Waals surface area contributed by atoms with Crippen molar-refractivity contribution in [1.29, 1.82) is 0 Å². The van der Waals surface area contributed by atoms with Gasteiger partial charge in [-0.25, -0.2) is 12.8 Å². The first kappa shape index (κ1) is 22.0. The molecule has 1 saturated heterocycles. The van der Waals surface area contributed by atoms with Gasteiger partial charge in [0.25, 0.3) is 0 Å². The van der Waals surface area contributed by atoms with Crippen molar-refractivity contribution in [2.75, 3.05) is 37.4 Å². The fourth-order valence-electron chi connectivity index (χ4n) is 3.37. The average Bonchev–Trinajstić information content (AvgIpc) is 2.73. The molecule has 8 heteroatoms. The van der Waals surface area contributed by atoms with Crippen LogP contribution in [0.15, 0.2) is 53.4 Å². The Morgan fingerprint density at radius 2 is 1.80 bits per heavy atom. The smallest absolute Gasteiger partial charge is 0.248 e. The van der Waals surface area contributed by atoms with Crippen LogP contribution < -0.4 is 10.2 Å². The summed E-state index contributed by atoms with van der Waals surface area (Å²) in [6.07, 6.45) is 5.33. The molecule has 1 heterocycles. The molecule has 1 amide bonds. The second kappa shape index (κ2) is 9.40. The van der Waals surface area contributed by atoms with Crippen LogP contribution in [0.1, 0.15) is 24.8 Å². The lowest BCUT2D eigenvalue weighted by Crippen LogP contribution is -2.35. The van der Waals surface area contributed by atoms with E-state index >= 15 is 0 Å². The highest BCUT2D eigenvalue weighted by molar-refractivity contribution is 7.89. The molecule has 1 aliphatic heterocycles. The third-order valence-corrected chi connectivity index (χ3v) is 6.87. The van der Waals surface area contributed by atoms with Crippen molar-refractivity contribution >= 4 is 33.4 Å². The maximum absolute atomic E-state index is 13.7. The maximum atomic E-state index is 13.7. The van der Waals surface area contributed by atoms with E-state index in [4.69, 9.17) is 0 Å². The molecule has 160 valence electrons. The van der Waals surface area contributed by atoms with Crippen LogP contribution in [-0.2, 0) is 14.8 Å². The van der Waals surface area contributed by atoms with Crippen LogP contribution in [0.5, 0.6) is 0 Å². The second-order valence-corrected chi connectivity index (χ2v) is 9.32. The number of piperidine rings is 1. The number of anilines is 2. The van der Waals surface area contributed by atoms with Crippen LogP contribution in [0.3, 0.4) is 0 Å². The van der Waals surface area contributed by atoms with Crippen molar-refractivity contribution in [3.63, 3.8) is 0 Å². The van der Waals surface area contributed by atoms with Gasteiger partial charge in [0.1, 0.15) is 5.82 Å². The molecule has 30 heavy (non-hydrogen) atoms. The largest absolute Gasteiger partial charge is 0.376 e. The quantitative estimate of drug-likeness (QED) is 0.708. The molecule has 0 aromatic heterocycles. The van der Waals surface area contributed by atoms with Crippen LogP contribution in [-0.4, -0.2) is 45.8 Å². The molecule has 0 aliphatic carbocycles. The highest BCUT2D eigenvalue weighted by atomic mass is 32.2. The standard InChI is InChI=1S/C22H26FN3O3S/c1-25(2)21-12-11-18(30(28,29)26-14-6-3-7-15-26)16-20(21)24-22(27)13-10-17-8-4-5-9-19(17)23/h4-5,8-13,16H,3,6-7,14-15H2,1-2H3,(H,24,27). The van der Waals surface area contributed by atoms with Gasteiger partial charge in [-0.2, -0.15) is 4.31 Å². The molecule has 0 saturated carbocycles. The number of hydrogen-bond donors (Lipinski definition) is 1. The van der Waals surface area contributed by atoms with Crippen molar-refractivity contribution in [3.05, 3.63) is 59.9 Å². The summed E-state index contributed by atoms with van der Waals surface area (Å²) in [6, 6.07) is 10.8. The van der Waals surface area contributed by atoms with E-state index in [0.29, 0.717) is 30.0 Å². The molecule has 0 atom stereocenters. The highest BCUT2D eigenvalue weighted by Crippen LogP contribution is 2.30. The topological polar surface area (TPSA) is 69.7 Å². The van der Waals surface area contributed by atoms with Gasteiger partial charge in [-0.15, -0.1) is 0 Å². The molecule has 0 radical (unpaired) electrons. The molecular formula is C22H26FN3O3S. The van der Waals surface area contributed by atoms with Crippen molar-refractivity contribution < 1.29 is 17.6 Å². The molecule has 1 N–H and O–H groups in total. The summed E-state index contributed by atoms with van der Waals surface area (Å²) in [4.78, 5) is 14.4. The first-order valence-corrected chi connectivity index (χ1v) is 11.3. The minimum Gasteiger partial charge on any atom is -0.376 e. The molecule has 2 aromatic rings. The van der Waals surface area contributed by atoms with Gasteiger partial charge < -0.3 is 10.2 Å². The van der Waals surface area contributed by atoms with Gasteiger partial charge in [-0.3, -0.25) is 4.79 Å². The van der Waals surface area contributed by atoms with Crippen molar-refractivity contribution in [2.45, 2.75) is 24.2 Å². The summed E-state index contributed by atoms with van der Waals surface area (Å²) in [7, 11) is -0.0187. The minimum atomic E-state index is -3.63. The first-order valence-electron chi connectivity index (χ1n) is 9.84. The zero-order valence-corrected chi connectivity index (χ0v) is 18.0. The van der Waals surface area contributed by atoms with E-state index in [1.165, 1.54) is 28.6 Å². The van der Waals surface area contributed by atoms with Crippen LogP contribution >= 0.6 is 0 Å². The molecule has 2 aromatic carbocycles. The van der Waals surface area contributed by atoms with Crippen LogP contribution in [0.4, 0.5) is 15.8 Å². The molecule has 3 rings (SSSR count). The summed E-state index contributed by atoms with van der Waals surface area (Å²) in [6.45, 7) is 1.01. The third-order valence-electron chi connectivity index (χ3n) is 4.98. The number of rotatable bonds is 6.